The summed E-state index contributed by atoms with van der Waals surface area (Å²) in [7, 11) is 1.98. The number of aryl methyl sites for hydroxylation is 1. The maximum Gasteiger partial charge on any atom is 0.236 e. The first-order valence-corrected chi connectivity index (χ1v) is 4.38. The summed E-state index contributed by atoms with van der Waals surface area (Å²) < 4.78 is 7.32. The van der Waals surface area contributed by atoms with Gasteiger partial charge in [0.1, 0.15) is 0 Å². The molecule has 3 nitrogen and oxygen atoms in total. The quantitative estimate of drug-likeness (QED) is 0.631. The van der Waals surface area contributed by atoms with E-state index in [1.807, 2.05) is 11.7 Å². The summed E-state index contributed by atoms with van der Waals surface area (Å²) in [5.41, 5.74) is 2.63. The molecular formula is C9H14N2O. The first-order chi connectivity index (χ1) is 5.70. The fraction of sp³-hybridized carbons (Fsp3) is 0.667. The number of aromatic nitrogens is 2. The largest absolute Gasteiger partial charge is 0.476 e. The van der Waals surface area contributed by atoms with Crippen LogP contribution in [-0.4, -0.2) is 16.4 Å². The van der Waals surface area contributed by atoms with Gasteiger partial charge in [-0.1, -0.05) is 13.8 Å². The SMILES string of the molecule is CC(C)c1c2c(nn1C)OCC2. The zero-order chi connectivity index (χ0) is 8.72. The van der Waals surface area contributed by atoms with E-state index in [-0.39, 0.29) is 0 Å². The van der Waals surface area contributed by atoms with Crippen molar-refractivity contribution in [1.29, 1.82) is 0 Å². The lowest BCUT2D eigenvalue weighted by molar-refractivity contribution is 0.336. The van der Waals surface area contributed by atoms with Crippen molar-refractivity contribution in [3.8, 4) is 5.88 Å². The van der Waals surface area contributed by atoms with Crippen molar-refractivity contribution >= 4 is 0 Å². The third-order valence-electron chi connectivity index (χ3n) is 2.29. The topological polar surface area (TPSA) is 27.1 Å². The Morgan fingerprint density at radius 2 is 2.25 bits per heavy atom. The highest BCUT2D eigenvalue weighted by atomic mass is 16.5. The average Bonchev–Trinajstić information content (AvgIpc) is 2.44. The summed E-state index contributed by atoms with van der Waals surface area (Å²) in [6, 6.07) is 0. The molecular weight excluding hydrogens is 152 g/mol. The van der Waals surface area contributed by atoms with E-state index in [4.69, 9.17) is 4.74 Å². The van der Waals surface area contributed by atoms with E-state index >= 15 is 0 Å². The van der Waals surface area contributed by atoms with Crippen molar-refractivity contribution in [1.82, 2.24) is 9.78 Å². The van der Waals surface area contributed by atoms with Crippen LogP contribution >= 0.6 is 0 Å². The Kier molecular flexibility index (Phi) is 1.60. The Bertz CT molecular complexity index is 302. The molecule has 0 amide bonds. The molecule has 0 unspecified atom stereocenters. The van der Waals surface area contributed by atoms with E-state index in [1.54, 1.807) is 0 Å². The number of hydrogen-bond acceptors (Lipinski definition) is 2. The van der Waals surface area contributed by atoms with Gasteiger partial charge in [-0.25, -0.2) is 0 Å². The predicted molar refractivity (Wildman–Crippen MR) is 46.5 cm³/mol. The van der Waals surface area contributed by atoms with Gasteiger partial charge < -0.3 is 4.74 Å². The van der Waals surface area contributed by atoms with Crippen LogP contribution in [-0.2, 0) is 13.5 Å². The van der Waals surface area contributed by atoms with Crippen LogP contribution in [0.15, 0.2) is 0 Å². The van der Waals surface area contributed by atoms with Gasteiger partial charge >= 0.3 is 0 Å². The standard InChI is InChI=1S/C9H14N2O/c1-6(2)8-7-4-5-12-9(7)10-11(8)3/h6H,4-5H2,1-3H3. The van der Waals surface area contributed by atoms with Crippen LogP contribution in [0, 0.1) is 0 Å². The van der Waals surface area contributed by atoms with Crippen LogP contribution in [0.1, 0.15) is 31.0 Å². The summed E-state index contributed by atoms with van der Waals surface area (Å²) in [4.78, 5) is 0. The van der Waals surface area contributed by atoms with Gasteiger partial charge in [0.25, 0.3) is 0 Å². The molecule has 12 heavy (non-hydrogen) atoms. The summed E-state index contributed by atoms with van der Waals surface area (Å²) in [5.74, 6) is 1.38. The molecule has 0 aliphatic carbocycles. The van der Waals surface area contributed by atoms with Crippen LogP contribution in [0.2, 0.25) is 0 Å². The maximum absolute atomic E-state index is 5.38. The van der Waals surface area contributed by atoms with Gasteiger partial charge in [-0.15, -0.1) is 5.10 Å². The molecule has 3 heteroatoms. The summed E-state index contributed by atoms with van der Waals surface area (Å²) in [5, 5.41) is 4.31. The number of hydrogen-bond donors (Lipinski definition) is 0. The minimum Gasteiger partial charge on any atom is -0.476 e. The van der Waals surface area contributed by atoms with Crippen LogP contribution in [0.3, 0.4) is 0 Å². The predicted octanol–water partition coefficient (Wildman–Crippen LogP) is 1.48. The molecule has 0 saturated heterocycles. The molecule has 2 heterocycles. The van der Waals surface area contributed by atoms with E-state index in [0.717, 1.165) is 18.9 Å². The number of ether oxygens (including phenoxy) is 1. The first kappa shape index (κ1) is 7.65. The van der Waals surface area contributed by atoms with Crippen molar-refractivity contribution in [2.75, 3.05) is 6.61 Å². The zero-order valence-electron chi connectivity index (χ0n) is 7.79. The van der Waals surface area contributed by atoms with Crippen molar-refractivity contribution in [2.45, 2.75) is 26.2 Å². The number of nitrogens with zero attached hydrogens (tertiary/aromatic N) is 2. The summed E-state index contributed by atoms with van der Waals surface area (Å²) >= 11 is 0. The van der Waals surface area contributed by atoms with Crippen molar-refractivity contribution in [3.63, 3.8) is 0 Å². The molecule has 2 rings (SSSR count). The van der Waals surface area contributed by atoms with Crippen LogP contribution < -0.4 is 4.74 Å². The highest BCUT2D eigenvalue weighted by molar-refractivity contribution is 5.36. The Morgan fingerprint density at radius 3 is 2.92 bits per heavy atom. The maximum atomic E-state index is 5.38. The zero-order valence-corrected chi connectivity index (χ0v) is 7.79. The molecule has 0 radical (unpaired) electrons. The minimum atomic E-state index is 0.535. The highest BCUT2D eigenvalue weighted by Crippen LogP contribution is 2.30. The Hall–Kier alpha value is -0.990. The second kappa shape index (κ2) is 2.51. The lowest BCUT2D eigenvalue weighted by Gasteiger charge is -2.06. The molecule has 0 fully saturated rings. The van der Waals surface area contributed by atoms with Gasteiger partial charge in [0.2, 0.25) is 5.88 Å². The first-order valence-electron chi connectivity index (χ1n) is 4.38. The average molecular weight is 166 g/mol. The van der Waals surface area contributed by atoms with Crippen molar-refractivity contribution in [2.24, 2.45) is 7.05 Å². The second-order valence-corrected chi connectivity index (χ2v) is 3.55. The van der Waals surface area contributed by atoms with E-state index in [2.05, 4.69) is 18.9 Å². The fourth-order valence-electron chi connectivity index (χ4n) is 1.88. The monoisotopic (exact) mass is 166 g/mol. The van der Waals surface area contributed by atoms with Gasteiger partial charge in [-0.2, -0.15) is 0 Å². The van der Waals surface area contributed by atoms with Crippen LogP contribution in [0.4, 0.5) is 0 Å². The van der Waals surface area contributed by atoms with E-state index < -0.39 is 0 Å². The summed E-state index contributed by atoms with van der Waals surface area (Å²) in [6.07, 6.45) is 1.02. The molecule has 1 aromatic rings. The van der Waals surface area contributed by atoms with Gasteiger partial charge in [-0.3, -0.25) is 4.68 Å². The van der Waals surface area contributed by atoms with Crippen LogP contribution in [0.5, 0.6) is 5.88 Å². The van der Waals surface area contributed by atoms with Gasteiger partial charge in [0.15, 0.2) is 0 Å². The fourth-order valence-corrected chi connectivity index (χ4v) is 1.88. The lowest BCUT2D eigenvalue weighted by atomic mass is 10.0. The lowest BCUT2D eigenvalue weighted by Crippen LogP contribution is -2.04. The second-order valence-electron chi connectivity index (χ2n) is 3.55. The van der Waals surface area contributed by atoms with Gasteiger partial charge in [0.05, 0.1) is 6.61 Å². The molecule has 1 aromatic heterocycles. The van der Waals surface area contributed by atoms with E-state index in [1.165, 1.54) is 11.3 Å². The van der Waals surface area contributed by atoms with Gasteiger partial charge in [0, 0.05) is 24.7 Å². The van der Waals surface area contributed by atoms with Crippen molar-refractivity contribution in [3.05, 3.63) is 11.3 Å². The van der Waals surface area contributed by atoms with E-state index in [0.29, 0.717) is 5.92 Å². The Balaban J connectivity index is 2.52. The molecule has 1 aliphatic heterocycles. The molecule has 0 saturated carbocycles. The van der Waals surface area contributed by atoms with E-state index in [9.17, 15) is 0 Å². The smallest absolute Gasteiger partial charge is 0.236 e. The molecule has 0 N–H and O–H groups in total. The molecule has 0 atom stereocenters. The third kappa shape index (κ3) is 0.924. The van der Waals surface area contributed by atoms with Crippen molar-refractivity contribution < 1.29 is 4.74 Å². The Labute approximate surface area is 72.3 Å². The Morgan fingerprint density at radius 1 is 1.50 bits per heavy atom. The number of fused-ring (bicyclic) bond motifs is 1. The number of rotatable bonds is 1. The van der Waals surface area contributed by atoms with Gasteiger partial charge in [-0.05, 0) is 5.92 Å². The normalized spacial score (nSPS) is 15.0. The highest BCUT2D eigenvalue weighted by Gasteiger charge is 2.23. The molecule has 0 aromatic carbocycles. The minimum absolute atomic E-state index is 0.535. The molecule has 0 spiro atoms. The molecule has 66 valence electrons. The molecule has 0 bridgehead atoms. The summed E-state index contributed by atoms with van der Waals surface area (Å²) in [6.45, 7) is 5.18. The molecule has 1 aliphatic rings. The third-order valence-corrected chi connectivity index (χ3v) is 2.29. The van der Waals surface area contributed by atoms with Crippen LogP contribution in [0.25, 0.3) is 0 Å².